The first-order valence-electron chi connectivity index (χ1n) is 9.99. The number of hydrogen-bond donors (Lipinski definition) is 0. The summed E-state index contributed by atoms with van der Waals surface area (Å²) in [6.45, 7) is 4.22. The summed E-state index contributed by atoms with van der Waals surface area (Å²) in [6.07, 6.45) is 0. The molecule has 0 spiro atoms. The first-order valence-corrected chi connectivity index (χ1v) is 9.99. The minimum Gasteiger partial charge on any atom is -0.493 e. The molecule has 0 N–H and O–H groups in total. The van der Waals surface area contributed by atoms with Crippen molar-refractivity contribution in [1.29, 1.82) is 0 Å². The van der Waals surface area contributed by atoms with Gasteiger partial charge in [-0.1, -0.05) is 30.3 Å². The molecule has 4 rings (SSSR count). The lowest BCUT2D eigenvalue weighted by Crippen LogP contribution is -2.10. The molecule has 0 bridgehead atoms. The number of benzene rings is 3. The van der Waals surface area contributed by atoms with Gasteiger partial charge in [-0.25, -0.2) is 0 Å². The average molecular weight is 416 g/mol. The van der Waals surface area contributed by atoms with E-state index in [1.807, 2.05) is 62.4 Å². The number of hydrogen-bond acceptors (Lipinski definition) is 5. The molecule has 0 aliphatic heterocycles. The fraction of sp³-hybridized carbons (Fsp3) is 0.192. The molecular formula is C26H24O5. The SMILES string of the molecule is COc1ccc(-c2oc3cc(C)c(C)cc3c(=O)c2OCc2ccccc2)cc1OC. The Morgan fingerprint density at radius 1 is 0.839 bits per heavy atom. The smallest absolute Gasteiger partial charge is 0.235 e. The molecule has 5 heteroatoms. The normalized spacial score (nSPS) is 10.8. The minimum absolute atomic E-state index is 0.173. The molecule has 1 heterocycles. The van der Waals surface area contributed by atoms with Crippen LogP contribution in [0, 0.1) is 13.8 Å². The van der Waals surface area contributed by atoms with Crippen LogP contribution in [0.25, 0.3) is 22.3 Å². The van der Waals surface area contributed by atoms with Gasteiger partial charge in [0.05, 0.1) is 19.6 Å². The zero-order chi connectivity index (χ0) is 22.0. The molecule has 0 aliphatic carbocycles. The third kappa shape index (κ3) is 3.99. The van der Waals surface area contributed by atoms with Crippen molar-refractivity contribution >= 4 is 11.0 Å². The Bertz CT molecular complexity index is 1290. The maximum absolute atomic E-state index is 13.4. The second kappa shape index (κ2) is 8.56. The molecular weight excluding hydrogens is 392 g/mol. The van der Waals surface area contributed by atoms with Crippen molar-refractivity contribution in [2.45, 2.75) is 20.5 Å². The van der Waals surface area contributed by atoms with E-state index in [-0.39, 0.29) is 17.8 Å². The van der Waals surface area contributed by atoms with Crippen molar-refractivity contribution in [3.05, 3.63) is 87.6 Å². The first kappa shape index (κ1) is 20.5. The highest BCUT2D eigenvalue weighted by Gasteiger charge is 2.20. The lowest BCUT2D eigenvalue weighted by Gasteiger charge is -2.14. The standard InChI is InChI=1S/C26H24O5/c1-16-12-20-22(13-17(16)2)31-25(19-10-11-21(28-3)23(14-19)29-4)26(24(20)27)30-15-18-8-6-5-7-9-18/h5-14H,15H2,1-4H3. The number of fused-ring (bicyclic) bond motifs is 1. The maximum Gasteiger partial charge on any atom is 0.235 e. The summed E-state index contributed by atoms with van der Waals surface area (Å²) in [7, 11) is 3.14. The van der Waals surface area contributed by atoms with Crippen molar-refractivity contribution in [1.82, 2.24) is 0 Å². The summed E-state index contributed by atoms with van der Waals surface area (Å²) in [5.41, 5.74) is 4.01. The van der Waals surface area contributed by atoms with Gasteiger partial charge in [-0.3, -0.25) is 4.79 Å². The van der Waals surface area contributed by atoms with E-state index in [9.17, 15) is 4.79 Å². The number of rotatable bonds is 6. The van der Waals surface area contributed by atoms with Crippen molar-refractivity contribution in [2.75, 3.05) is 14.2 Å². The highest BCUT2D eigenvalue weighted by molar-refractivity contribution is 5.83. The Hall–Kier alpha value is -3.73. The molecule has 4 aromatic rings. The second-order valence-electron chi connectivity index (χ2n) is 7.37. The van der Waals surface area contributed by atoms with Gasteiger partial charge in [0.1, 0.15) is 12.2 Å². The lowest BCUT2D eigenvalue weighted by atomic mass is 10.0. The summed E-state index contributed by atoms with van der Waals surface area (Å²) >= 11 is 0. The first-order chi connectivity index (χ1) is 15.0. The lowest BCUT2D eigenvalue weighted by molar-refractivity contribution is 0.298. The predicted octanol–water partition coefficient (Wildman–Crippen LogP) is 5.67. The summed E-state index contributed by atoms with van der Waals surface area (Å²) in [5, 5.41) is 0.496. The Morgan fingerprint density at radius 2 is 1.55 bits per heavy atom. The zero-order valence-electron chi connectivity index (χ0n) is 18.0. The van der Waals surface area contributed by atoms with Crippen molar-refractivity contribution in [3.63, 3.8) is 0 Å². The van der Waals surface area contributed by atoms with E-state index >= 15 is 0 Å². The fourth-order valence-electron chi connectivity index (χ4n) is 3.46. The fourth-order valence-corrected chi connectivity index (χ4v) is 3.46. The van der Waals surface area contributed by atoms with Gasteiger partial charge in [-0.05, 0) is 60.9 Å². The maximum atomic E-state index is 13.4. The summed E-state index contributed by atoms with van der Waals surface area (Å²) in [6, 6.07) is 18.8. The summed E-state index contributed by atoms with van der Waals surface area (Å²) < 4.78 is 23.0. The molecule has 0 saturated heterocycles. The van der Waals surface area contributed by atoms with Crippen LogP contribution < -0.4 is 19.6 Å². The summed E-state index contributed by atoms with van der Waals surface area (Å²) in [5.74, 6) is 1.66. The van der Waals surface area contributed by atoms with Gasteiger partial charge in [0.25, 0.3) is 0 Å². The Labute approximate surface area is 180 Å². The van der Waals surface area contributed by atoms with Crippen LogP contribution in [0.4, 0.5) is 0 Å². The highest BCUT2D eigenvalue weighted by Crippen LogP contribution is 2.37. The van der Waals surface area contributed by atoms with E-state index < -0.39 is 0 Å². The Morgan fingerprint density at radius 3 is 2.26 bits per heavy atom. The van der Waals surface area contributed by atoms with Crippen LogP contribution in [0.3, 0.4) is 0 Å². The molecule has 0 amide bonds. The number of ether oxygens (including phenoxy) is 3. The number of aryl methyl sites for hydroxylation is 2. The second-order valence-corrected chi connectivity index (χ2v) is 7.37. The van der Waals surface area contributed by atoms with Crippen molar-refractivity contribution < 1.29 is 18.6 Å². The van der Waals surface area contributed by atoms with Gasteiger partial charge >= 0.3 is 0 Å². The quantitative estimate of drug-likeness (QED) is 0.405. The molecule has 3 aromatic carbocycles. The van der Waals surface area contributed by atoms with Crippen molar-refractivity contribution in [2.24, 2.45) is 0 Å². The topological polar surface area (TPSA) is 57.9 Å². The number of methoxy groups -OCH3 is 2. The molecule has 158 valence electrons. The van der Waals surface area contributed by atoms with Crippen LogP contribution in [0.15, 0.2) is 69.9 Å². The Kier molecular flexibility index (Phi) is 5.67. The van der Waals surface area contributed by atoms with E-state index in [0.717, 1.165) is 16.7 Å². The molecule has 1 aromatic heterocycles. The van der Waals surface area contributed by atoms with Gasteiger partial charge in [0.15, 0.2) is 17.3 Å². The third-order valence-corrected chi connectivity index (χ3v) is 5.34. The zero-order valence-corrected chi connectivity index (χ0v) is 18.0. The van der Waals surface area contributed by atoms with Crippen LogP contribution in [0.1, 0.15) is 16.7 Å². The largest absolute Gasteiger partial charge is 0.493 e. The molecule has 0 radical (unpaired) electrons. The predicted molar refractivity (Wildman–Crippen MR) is 121 cm³/mol. The van der Waals surface area contributed by atoms with E-state index in [4.69, 9.17) is 18.6 Å². The average Bonchev–Trinajstić information content (AvgIpc) is 2.80. The van der Waals surface area contributed by atoms with Gasteiger partial charge < -0.3 is 18.6 Å². The molecule has 0 atom stereocenters. The molecule has 0 saturated carbocycles. The molecule has 0 unspecified atom stereocenters. The molecule has 31 heavy (non-hydrogen) atoms. The molecule has 0 aliphatic rings. The van der Waals surface area contributed by atoms with E-state index in [1.54, 1.807) is 26.4 Å². The van der Waals surface area contributed by atoms with E-state index in [2.05, 4.69) is 0 Å². The Balaban J connectivity index is 1.91. The van der Waals surface area contributed by atoms with Crippen LogP contribution in [-0.2, 0) is 6.61 Å². The van der Waals surface area contributed by atoms with Gasteiger partial charge in [-0.2, -0.15) is 0 Å². The van der Waals surface area contributed by atoms with Gasteiger partial charge in [-0.15, -0.1) is 0 Å². The van der Waals surface area contributed by atoms with Crippen LogP contribution in [0.2, 0.25) is 0 Å². The molecule has 5 nitrogen and oxygen atoms in total. The van der Waals surface area contributed by atoms with Gasteiger partial charge in [0.2, 0.25) is 11.2 Å². The van der Waals surface area contributed by atoms with Crippen molar-refractivity contribution in [3.8, 4) is 28.6 Å². The van der Waals surface area contributed by atoms with Crippen LogP contribution in [-0.4, -0.2) is 14.2 Å². The van der Waals surface area contributed by atoms with Crippen LogP contribution >= 0.6 is 0 Å². The van der Waals surface area contributed by atoms with E-state index in [1.165, 1.54) is 0 Å². The third-order valence-electron chi connectivity index (χ3n) is 5.34. The monoisotopic (exact) mass is 416 g/mol. The van der Waals surface area contributed by atoms with Crippen LogP contribution in [0.5, 0.6) is 17.2 Å². The van der Waals surface area contributed by atoms with Gasteiger partial charge in [0, 0.05) is 5.56 Å². The molecule has 0 fully saturated rings. The highest BCUT2D eigenvalue weighted by atomic mass is 16.5. The summed E-state index contributed by atoms with van der Waals surface area (Å²) in [4.78, 5) is 13.4. The van der Waals surface area contributed by atoms with E-state index in [0.29, 0.717) is 33.8 Å². The minimum atomic E-state index is -0.204.